The first-order chi connectivity index (χ1) is 11.0. The number of halogens is 1. The Morgan fingerprint density at radius 3 is 2.61 bits per heavy atom. The fourth-order valence-corrected chi connectivity index (χ4v) is 2.23. The number of rotatable bonds is 6. The minimum atomic E-state index is -0.230. The zero-order chi connectivity index (χ0) is 16.8. The topological polar surface area (TPSA) is 47.6 Å². The number of amides is 1. The van der Waals surface area contributed by atoms with Crippen LogP contribution in [-0.2, 0) is 11.3 Å². The van der Waals surface area contributed by atoms with Crippen LogP contribution < -0.4 is 10.1 Å². The van der Waals surface area contributed by atoms with Crippen molar-refractivity contribution in [2.45, 2.75) is 26.6 Å². The molecule has 0 fully saturated rings. The van der Waals surface area contributed by atoms with Crippen LogP contribution in [0.2, 0.25) is 5.02 Å². The van der Waals surface area contributed by atoms with Gasteiger partial charge in [0.25, 0.3) is 5.91 Å². The van der Waals surface area contributed by atoms with Crippen molar-refractivity contribution >= 4 is 23.2 Å². The summed E-state index contributed by atoms with van der Waals surface area (Å²) in [6, 6.07) is 12.4. The van der Waals surface area contributed by atoms with Gasteiger partial charge in [-0.25, -0.2) is 0 Å². The van der Waals surface area contributed by atoms with Crippen LogP contribution >= 0.6 is 11.6 Å². The Morgan fingerprint density at radius 2 is 1.96 bits per heavy atom. The molecule has 0 aliphatic heterocycles. The third-order valence-electron chi connectivity index (χ3n) is 3.24. The van der Waals surface area contributed by atoms with Crippen molar-refractivity contribution in [1.29, 1.82) is 0 Å². The van der Waals surface area contributed by atoms with Crippen LogP contribution in [0.1, 0.15) is 29.8 Å². The first-order valence-electron chi connectivity index (χ1n) is 7.35. The summed E-state index contributed by atoms with van der Waals surface area (Å²) in [4.78, 5) is 12.4. The largest absolute Gasteiger partial charge is 0.496 e. The number of para-hydroxylation sites is 1. The predicted octanol–water partition coefficient (Wildman–Crippen LogP) is 4.53. The summed E-state index contributed by atoms with van der Waals surface area (Å²) in [6.07, 6.45) is 0.0975. The van der Waals surface area contributed by atoms with Crippen molar-refractivity contribution in [2.24, 2.45) is 0 Å². The normalized spacial score (nSPS) is 10.7. The van der Waals surface area contributed by atoms with E-state index in [1.807, 2.05) is 26.0 Å². The highest BCUT2D eigenvalue weighted by atomic mass is 35.5. The lowest BCUT2D eigenvalue weighted by atomic mass is 10.1. The first-order valence-corrected chi connectivity index (χ1v) is 7.73. The van der Waals surface area contributed by atoms with Crippen LogP contribution in [-0.4, -0.2) is 19.1 Å². The molecule has 0 aromatic heterocycles. The molecule has 0 bridgehead atoms. The van der Waals surface area contributed by atoms with Gasteiger partial charge < -0.3 is 14.8 Å². The van der Waals surface area contributed by atoms with E-state index in [0.717, 1.165) is 5.56 Å². The molecule has 2 rings (SSSR count). The molecule has 4 nitrogen and oxygen atoms in total. The Labute approximate surface area is 141 Å². The molecule has 0 saturated carbocycles. The highest BCUT2D eigenvalue weighted by Gasteiger charge is 2.12. The summed E-state index contributed by atoms with van der Waals surface area (Å²) in [5, 5.41) is 3.30. The minimum absolute atomic E-state index is 0.0975. The van der Waals surface area contributed by atoms with E-state index in [0.29, 0.717) is 28.6 Å². The second kappa shape index (κ2) is 7.99. The number of anilines is 1. The van der Waals surface area contributed by atoms with E-state index < -0.39 is 0 Å². The number of benzene rings is 2. The Morgan fingerprint density at radius 1 is 1.22 bits per heavy atom. The van der Waals surface area contributed by atoms with E-state index in [2.05, 4.69) is 5.32 Å². The van der Waals surface area contributed by atoms with E-state index in [4.69, 9.17) is 21.1 Å². The number of ether oxygens (including phenoxy) is 2. The molecule has 0 aliphatic carbocycles. The molecule has 23 heavy (non-hydrogen) atoms. The smallest absolute Gasteiger partial charge is 0.255 e. The molecular weight excluding hydrogens is 314 g/mol. The second-order valence-electron chi connectivity index (χ2n) is 5.32. The molecule has 0 aliphatic rings. The van der Waals surface area contributed by atoms with Gasteiger partial charge in [-0.3, -0.25) is 4.79 Å². The minimum Gasteiger partial charge on any atom is -0.496 e. The summed E-state index contributed by atoms with van der Waals surface area (Å²) >= 11 is 6.06. The van der Waals surface area contributed by atoms with Crippen LogP contribution in [0, 0.1) is 0 Å². The molecule has 0 spiro atoms. The molecule has 0 heterocycles. The van der Waals surface area contributed by atoms with Gasteiger partial charge >= 0.3 is 0 Å². The quantitative estimate of drug-likeness (QED) is 0.845. The average molecular weight is 334 g/mol. The number of hydrogen-bond donors (Lipinski definition) is 1. The van der Waals surface area contributed by atoms with E-state index in [9.17, 15) is 4.79 Å². The van der Waals surface area contributed by atoms with Crippen molar-refractivity contribution in [1.82, 2.24) is 0 Å². The molecule has 0 unspecified atom stereocenters. The van der Waals surface area contributed by atoms with Crippen molar-refractivity contribution in [3.05, 3.63) is 58.6 Å². The number of methoxy groups -OCH3 is 1. The van der Waals surface area contributed by atoms with Gasteiger partial charge in [-0.1, -0.05) is 23.7 Å². The summed E-state index contributed by atoms with van der Waals surface area (Å²) in [5.41, 5.74) is 1.93. The lowest BCUT2D eigenvalue weighted by molar-refractivity contribution is 0.0644. The Hall–Kier alpha value is -2.04. The summed E-state index contributed by atoms with van der Waals surface area (Å²) in [5.74, 6) is 0.464. The molecular formula is C18H20ClNO3. The highest BCUT2D eigenvalue weighted by Crippen LogP contribution is 2.24. The third kappa shape index (κ3) is 4.71. The van der Waals surface area contributed by atoms with Gasteiger partial charge in [0, 0.05) is 11.1 Å². The van der Waals surface area contributed by atoms with Crippen molar-refractivity contribution in [2.75, 3.05) is 12.4 Å². The maximum atomic E-state index is 12.4. The molecule has 2 aromatic rings. The molecule has 0 atom stereocenters. The monoisotopic (exact) mass is 333 g/mol. The lowest BCUT2D eigenvalue weighted by Gasteiger charge is -2.13. The number of carbonyl (C=O) groups is 1. The first kappa shape index (κ1) is 17.3. The lowest BCUT2D eigenvalue weighted by Crippen LogP contribution is -2.13. The van der Waals surface area contributed by atoms with Gasteiger partial charge in [-0.2, -0.15) is 0 Å². The number of carbonyl (C=O) groups excluding carboxylic acids is 1. The van der Waals surface area contributed by atoms with Crippen LogP contribution in [0.15, 0.2) is 42.5 Å². The van der Waals surface area contributed by atoms with E-state index in [1.165, 1.54) is 0 Å². The maximum absolute atomic E-state index is 12.4. The molecule has 0 saturated heterocycles. The summed E-state index contributed by atoms with van der Waals surface area (Å²) in [6.45, 7) is 4.30. The Kier molecular flexibility index (Phi) is 6.02. The maximum Gasteiger partial charge on any atom is 0.255 e. The number of hydrogen-bond acceptors (Lipinski definition) is 3. The van der Waals surface area contributed by atoms with Crippen LogP contribution in [0.4, 0.5) is 5.69 Å². The zero-order valence-electron chi connectivity index (χ0n) is 13.4. The average Bonchev–Trinajstić information content (AvgIpc) is 2.54. The number of nitrogens with one attached hydrogen (secondary N) is 1. The Balaban J connectivity index is 2.20. The van der Waals surface area contributed by atoms with Crippen LogP contribution in [0.3, 0.4) is 0 Å². The van der Waals surface area contributed by atoms with Gasteiger partial charge in [0.05, 0.1) is 30.5 Å². The fourth-order valence-electron chi connectivity index (χ4n) is 2.05. The summed E-state index contributed by atoms with van der Waals surface area (Å²) < 4.78 is 10.9. The van der Waals surface area contributed by atoms with Crippen LogP contribution in [0.25, 0.3) is 0 Å². The summed E-state index contributed by atoms with van der Waals surface area (Å²) in [7, 11) is 1.59. The van der Waals surface area contributed by atoms with Gasteiger partial charge in [-0.15, -0.1) is 0 Å². The SMILES string of the molecule is COc1ccc(C(=O)Nc2ccccc2Cl)cc1COC(C)C. The fraction of sp³-hybridized carbons (Fsp3) is 0.278. The molecule has 0 radical (unpaired) electrons. The van der Waals surface area contributed by atoms with Gasteiger partial charge in [0.2, 0.25) is 0 Å². The van der Waals surface area contributed by atoms with Crippen LogP contribution in [0.5, 0.6) is 5.75 Å². The van der Waals surface area contributed by atoms with Gasteiger partial charge in [0.15, 0.2) is 0 Å². The molecule has 2 aromatic carbocycles. The van der Waals surface area contributed by atoms with Crippen molar-refractivity contribution in [3.63, 3.8) is 0 Å². The van der Waals surface area contributed by atoms with E-state index >= 15 is 0 Å². The Bertz CT molecular complexity index is 686. The predicted molar refractivity (Wildman–Crippen MR) is 92.3 cm³/mol. The molecule has 1 amide bonds. The van der Waals surface area contributed by atoms with Crippen molar-refractivity contribution in [3.8, 4) is 5.75 Å². The molecule has 5 heteroatoms. The van der Waals surface area contributed by atoms with Crippen molar-refractivity contribution < 1.29 is 14.3 Å². The zero-order valence-corrected chi connectivity index (χ0v) is 14.2. The van der Waals surface area contributed by atoms with Gasteiger partial charge in [-0.05, 0) is 44.2 Å². The molecule has 122 valence electrons. The van der Waals surface area contributed by atoms with E-state index in [-0.39, 0.29) is 12.0 Å². The van der Waals surface area contributed by atoms with Gasteiger partial charge in [0.1, 0.15) is 5.75 Å². The molecule has 1 N–H and O–H groups in total. The second-order valence-corrected chi connectivity index (χ2v) is 5.73. The third-order valence-corrected chi connectivity index (χ3v) is 3.57. The highest BCUT2D eigenvalue weighted by molar-refractivity contribution is 6.33. The van der Waals surface area contributed by atoms with E-state index in [1.54, 1.807) is 37.4 Å². The standard InChI is InChI=1S/C18H20ClNO3/c1-12(2)23-11-14-10-13(8-9-17(14)22-3)18(21)20-16-7-5-4-6-15(16)19/h4-10,12H,11H2,1-3H3,(H,20,21).